The zero-order valence-corrected chi connectivity index (χ0v) is 14.0. The number of anilines is 1. The predicted molar refractivity (Wildman–Crippen MR) is 91.8 cm³/mol. The van der Waals surface area contributed by atoms with Crippen LogP contribution in [0.5, 0.6) is 0 Å². The topological polar surface area (TPSA) is 85.2 Å². The lowest BCUT2D eigenvalue weighted by Crippen LogP contribution is -2.46. The van der Waals surface area contributed by atoms with Crippen LogP contribution < -0.4 is 11.5 Å². The molecule has 1 aliphatic rings. The summed E-state index contributed by atoms with van der Waals surface area (Å²) in [5.41, 5.74) is 13.3. The quantitative estimate of drug-likeness (QED) is 0.866. The molecule has 0 saturated carbocycles. The Hall–Kier alpha value is -1.33. The number of piperidine rings is 1. The summed E-state index contributed by atoms with van der Waals surface area (Å²) in [6, 6.07) is 3.39. The number of carbonyl (C=O) groups is 1. The lowest BCUT2D eigenvalue weighted by atomic mass is 9.98. The number of rotatable bonds is 5. The van der Waals surface area contributed by atoms with Crippen LogP contribution >= 0.6 is 12.4 Å². The number of aromatic nitrogens is 1. The van der Waals surface area contributed by atoms with Gasteiger partial charge in [0, 0.05) is 18.8 Å². The van der Waals surface area contributed by atoms with E-state index in [4.69, 9.17) is 11.5 Å². The van der Waals surface area contributed by atoms with E-state index in [2.05, 4.69) is 11.9 Å². The van der Waals surface area contributed by atoms with Crippen molar-refractivity contribution in [2.45, 2.75) is 45.1 Å². The van der Waals surface area contributed by atoms with Crippen LogP contribution in [0.25, 0.3) is 0 Å². The number of nitrogens with zero attached hydrogens (tertiary/aromatic N) is 2. The average molecular weight is 327 g/mol. The minimum atomic E-state index is -0.382. The highest BCUT2D eigenvalue weighted by molar-refractivity contribution is 5.85. The van der Waals surface area contributed by atoms with Crippen LogP contribution in [-0.4, -0.2) is 34.9 Å². The molecule has 4 N–H and O–H groups in total. The normalized spacial score (nSPS) is 16.9. The molecule has 1 fully saturated rings. The number of hydrogen-bond acceptors (Lipinski definition) is 4. The summed E-state index contributed by atoms with van der Waals surface area (Å²) < 4.78 is 0. The van der Waals surface area contributed by atoms with Gasteiger partial charge >= 0.3 is 0 Å². The molecule has 124 valence electrons. The summed E-state index contributed by atoms with van der Waals surface area (Å²) in [6.07, 6.45) is 6.25. The third-order valence-corrected chi connectivity index (χ3v) is 4.21. The molecule has 1 aromatic heterocycles. The molecule has 0 aromatic carbocycles. The molecule has 1 aromatic rings. The van der Waals surface area contributed by atoms with E-state index in [0.717, 1.165) is 50.4 Å². The highest BCUT2D eigenvalue weighted by Crippen LogP contribution is 2.17. The zero-order chi connectivity index (χ0) is 15.2. The SMILES string of the molecule is CC1CCN(C(=O)[C@@H](N)CCCc2ccc(N)cn2)CC1.Cl. The number of nitrogens with two attached hydrogens (primary N) is 2. The van der Waals surface area contributed by atoms with Gasteiger partial charge in [0.1, 0.15) is 0 Å². The molecule has 22 heavy (non-hydrogen) atoms. The van der Waals surface area contributed by atoms with E-state index >= 15 is 0 Å². The third-order valence-electron chi connectivity index (χ3n) is 4.21. The fourth-order valence-electron chi connectivity index (χ4n) is 2.67. The minimum absolute atomic E-state index is 0. The molecule has 0 unspecified atom stereocenters. The van der Waals surface area contributed by atoms with Crippen LogP contribution in [0.1, 0.15) is 38.3 Å². The maximum absolute atomic E-state index is 12.3. The van der Waals surface area contributed by atoms with E-state index in [1.54, 1.807) is 6.20 Å². The predicted octanol–water partition coefficient (Wildman–Crippen LogP) is 1.99. The Labute approximate surface area is 138 Å². The van der Waals surface area contributed by atoms with E-state index in [-0.39, 0.29) is 24.4 Å². The molecule has 6 heteroatoms. The van der Waals surface area contributed by atoms with Crippen molar-refractivity contribution in [1.82, 2.24) is 9.88 Å². The summed E-state index contributed by atoms with van der Waals surface area (Å²) >= 11 is 0. The van der Waals surface area contributed by atoms with Crippen molar-refractivity contribution < 1.29 is 4.79 Å². The first-order chi connectivity index (χ1) is 10.1. The average Bonchev–Trinajstić information content (AvgIpc) is 2.49. The lowest BCUT2D eigenvalue weighted by Gasteiger charge is -2.32. The van der Waals surface area contributed by atoms with Crippen LogP contribution in [-0.2, 0) is 11.2 Å². The number of amides is 1. The molecular weight excluding hydrogens is 300 g/mol. The first-order valence-corrected chi connectivity index (χ1v) is 7.81. The Balaban J connectivity index is 0.00000242. The van der Waals surface area contributed by atoms with Gasteiger partial charge in [-0.3, -0.25) is 9.78 Å². The summed E-state index contributed by atoms with van der Waals surface area (Å²) in [7, 11) is 0. The van der Waals surface area contributed by atoms with Crippen LogP contribution in [0.4, 0.5) is 5.69 Å². The van der Waals surface area contributed by atoms with Gasteiger partial charge < -0.3 is 16.4 Å². The molecule has 1 amide bonds. The number of pyridine rings is 1. The maximum Gasteiger partial charge on any atom is 0.239 e. The van der Waals surface area contributed by atoms with Crippen molar-refractivity contribution in [2.75, 3.05) is 18.8 Å². The largest absolute Gasteiger partial charge is 0.397 e. The van der Waals surface area contributed by atoms with Gasteiger partial charge in [-0.15, -0.1) is 12.4 Å². The minimum Gasteiger partial charge on any atom is -0.397 e. The van der Waals surface area contributed by atoms with Gasteiger partial charge in [-0.2, -0.15) is 0 Å². The van der Waals surface area contributed by atoms with Crippen LogP contribution in [0.3, 0.4) is 0 Å². The Morgan fingerprint density at radius 1 is 1.41 bits per heavy atom. The molecule has 0 radical (unpaired) electrons. The molecule has 1 aliphatic heterocycles. The maximum atomic E-state index is 12.3. The van der Waals surface area contributed by atoms with Crippen molar-refractivity contribution in [3.05, 3.63) is 24.0 Å². The summed E-state index contributed by atoms with van der Waals surface area (Å²) in [4.78, 5) is 18.4. The van der Waals surface area contributed by atoms with Crippen molar-refractivity contribution in [1.29, 1.82) is 0 Å². The standard InChI is InChI=1S/C16H26N4O.ClH/c1-12-7-9-20(10-8-12)16(21)15(18)4-2-3-14-6-5-13(17)11-19-14;/h5-6,11-12,15H,2-4,7-10,17-18H2,1H3;1H/t15-;/m0./s1. The Morgan fingerprint density at radius 2 is 2.09 bits per heavy atom. The van der Waals surface area contributed by atoms with Gasteiger partial charge in [0.2, 0.25) is 5.91 Å². The number of nitrogen functional groups attached to an aromatic ring is 1. The molecule has 2 rings (SSSR count). The number of hydrogen-bond donors (Lipinski definition) is 2. The van der Waals surface area contributed by atoms with Gasteiger partial charge in [0.25, 0.3) is 0 Å². The fourth-order valence-corrected chi connectivity index (χ4v) is 2.67. The molecule has 1 atom stereocenters. The molecule has 2 heterocycles. The second kappa shape index (κ2) is 8.96. The molecular formula is C16H27ClN4O. The van der Waals surface area contributed by atoms with E-state index in [1.807, 2.05) is 17.0 Å². The van der Waals surface area contributed by atoms with Crippen molar-refractivity contribution in [3.63, 3.8) is 0 Å². The number of halogens is 1. The number of carbonyl (C=O) groups excluding carboxylic acids is 1. The summed E-state index contributed by atoms with van der Waals surface area (Å²) in [5.74, 6) is 0.828. The summed E-state index contributed by atoms with van der Waals surface area (Å²) in [5, 5.41) is 0. The third kappa shape index (κ3) is 5.46. The van der Waals surface area contributed by atoms with Gasteiger partial charge in [-0.1, -0.05) is 6.92 Å². The highest BCUT2D eigenvalue weighted by Gasteiger charge is 2.24. The summed E-state index contributed by atoms with van der Waals surface area (Å²) in [6.45, 7) is 3.95. The van der Waals surface area contributed by atoms with E-state index in [0.29, 0.717) is 12.1 Å². The van der Waals surface area contributed by atoms with Gasteiger partial charge in [0.15, 0.2) is 0 Å². The monoisotopic (exact) mass is 326 g/mol. The molecule has 0 spiro atoms. The van der Waals surface area contributed by atoms with E-state index in [1.165, 1.54) is 0 Å². The first kappa shape index (κ1) is 18.7. The van der Waals surface area contributed by atoms with Gasteiger partial charge in [0.05, 0.1) is 17.9 Å². The van der Waals surface area contributed by atoms with E-state index in [9.17, 15) is 4.79 Å². The van der Waals surface area contributed by atoms with Crippen molar-refractivity contribution >= 4 is 24.0 Å². The molecule has 0 aliphatic carbocycles. The second-order valence-electron chi connectivity index (χ2n) is 6.09. The number of likely N-dealkylation sites (tertiary alicyclic amines) is 1. The highest BCUT2D eigenvalue weighted by atomic mass is 35.5. The smallest absolute Gasteiger partial charge is 0.239 e. The van der Waals surface area contributed by atoms with Crippen LogP contribution in [0, 0.1) is 5.92 Å². The lowest BCUT2D eigenvalue weighted by molar-refractivity contribution is -0.134. The number of aryl methyl sites for hydroxylation is 1. The van der Waals surface area contributed by atoms with Gasteiger partial charge in [-0.05, 0) is 50.2 Å². The Morgan fingerprint density at radius 3 is 2.68 bits per heavy atom. The Kier molecular flexibility index (Phi) is 7.62. The molecule has 0 bridgehead atoms. The molecule has 1 saturated heterocycles. The van der Waals surface area contributed by atoms with Gasteiger partial charge in [-0.25, -0.2) is 0 Å². The van der Waals surface area contributed by atoms with Crippen LogP contribution in [0.15, 0.2) is 18.3 Å². The van der Waals surface area contributed by atoms with E-state index < -0.39 is 0 Å². The fraction of sp³-hybridized carbons (Fsp3) is 0.625. The van der Waals surface area contributed by atoms with Crippen molar-refractivity contribution in [3.8, 4) is 0 Å². The van der Waals surface area contributed by atoms with Crippen LogP contribution in [0.2, 0.25) is 0 Å². The second-order valence-corrected chi connectivity index (χ2v) is 6.09. The first-order valence-electron chi connectivity index (χ1n) is 7.81. The zero-order valence-electron chi connectivity index (χ0n) is 13.2. The van der Waals surface area contributed by atoms with Crippen molar-refractivity contribution in [2.24, 2.45) is 11.7 Å². The Bertz CT molecular complexity index is 458. The molecule has 5 nitrogen and oxygen atoms in total.